The van der Waals surface area contributed by atoms with Crippen LogP contribution in [0.15, 0.2) is 72.6 Å². The van der Waals surface area contributed by atoms with E-state index in [1.807, 2.05) is 30.3 Å². The molecule has 0 saturated carbocycles. The van der Waals surface area contributed by atoms with Gasteiger partial charge in [-0.25, -0.2) is 0 Å². The van der Waals surface area contributed by atoms with Crippen molar-refractivity contribution in [2.75, 3.05) is 11.5 Å². The van der Waals surface area contributed by atoms with Gasteiger partial charge in [0, 0.05) is 30.1 Å². The van der Waals surface area contributed by atoms with Crippen LogP contribution < -0.4 is 9.64 Å². The molecule has 2 aromatic carbocycles. The van der Waals surface area contributed by atoms with Crippen LogP contribution in [-0.4, -0.2) is 28.4 Å². The summed E-state index contributed by atoms with van der Waals surface area (Å²) in [4.78, 5) is 32.0. The van der Waals surface area contributed by atoms with Gasteiger partial charge in [0.1, 0.15) is 11.5 Å². The van der Waals surface area contributed by atoms with Crippen molar-refractivity contribution in [3.8, 4) is 5.75 Å². The number of carbonyl (C=O) groups is 2. The minimum atomic E-state index is -0.762. The van der Waals surface area contributed by atoms with E-state index >= 15 is 0 Å². The summed E-state index contributed by atoms with van der Waals surface area (Å²) >= 11 is 0. The molecule has 1 amide bonds. The van der Waals surface area contributed by atoms with Crippen molar-refractivity contribution in [1.29, 1.82) is 0 Å². The van der Waals surface area contributed by atoms with Crippen molar-refractivity contribution >= 4 is 23.1 Å². The molecule has 6 nitrogen and oxygen atoms in total. The van der Waals surface area contributed by atoms with E-state index < -0.39 is 17.7 Å². The topological polar surface area (TPSA) is 79.7 Å². The van der Waals surface area contributed by atoms with Crippen molar-refractivity contribution in [2.45, 2.75) is 32.2 Å². The molecular weight excluding hydrogens is 416 g/mol. The molecule has 1 N–H and O–H groups in total. The molecule has 0 aliphatic carbocycles. The fraction of sp³-hybridized carbons (Fsp3) is 0.222. The van der Waals surface area contributed by atoms with Crippen molar-refractivity contribution in [3.63, 3.8) is 0 Å². The summed E-state index contributed by atoms with van der Waals surface area (Å²) in [5.41, 5.74) is 3.96. The summed E-state index contributed by atoms with van der Waals surface area (Å²) in [6.07, 6.45) is 3.97. The summed E-state index contributed by atoms with van der Waals surface area (Å²) in [5, 5.41) is 11.3. The highest BCUT2D eigenvalue weighted by Gasteiger charge is 2.47. The number of ketones is 1. The lowest BCUT2D eigenvalue weighted by molar-refractivity contribution is -0.132. The third-order valence-corrected chi connectivity index (χ3v) is 6.27. The lowest BCUT2D eigenvalue weighted by Crippen LogP contribution is -2.29. The van der Waals surface area contributed by atoms with E-state index in [2.05, 4.69) is 18.8 Å². The molecule has 1 aromatic heterocycles. The Morgan fingerprint density at radius 2 is 1.79 bits per heavy atom. The van der Waals surface area contributed by atoms with Gasteiger partial charge in [0.2, 0.25) is 0 Å². The predicted molar refractivity (Wildman–Crippen MR) is 125 cm³/mol. The van der Waals surface area contributed by atoms with E-state index in [1.165, 1.54) is 4.90 Å². The lowest BCUT2D eigenvalue weighted by atomic mass is 9.95. The van der Waals surface area contributed by atoms with E-state index in [-0.39, 0.29) is 11.3 Å². The van der Waals surface area contributed by atoms with Crippen molar-refractivity contribution in [3.05, 3.63) is 94.8 Å². The van der Waals surface area contributed by atoms with Gasteiger partial charge in [0.15, 0.2) is 0 Å². The number of hydrogen-bond acceptors (Lipinski definition) is 5. The van der Waals surface area contributed by atoms with Gasteiger partial charge in [-0.05, 0) is 65.1 Å². The second-order valence-electron chi connectivity index (χ2n) is 8.62. The summed E-state index contributed by atoms with van der Waals surface area (Å²) in [5.74, 6) is -0.442. The molecule has 166 valence electrons. The summed E-state index contributed by atoms with van der Waals surface area (Å²) < 4.78 is 5.55. The number of ether oxygens (including phenoxy) is 1. The number of aliphatic hydroxyl groups is 1. The molecule has 1 fully saturated rings. The second kappa shape index (κ2) is 8.20. The number of aliphatic hydroxyl groups excluding tert-OH is 1. The molecule has 3 heterocycles. The number of benzene rings is 2. The van der Waals surface area contributed by atoms with Gasteiger partial charge in [0.05, 0.1) is 18.2 Å². The van der Waals surface area contributed by atoms with E-state index in [0.717, 1.165) is 23.3 Å². The molecule has 6 heteroatoms. The van der Waals surface area contributed by atoms with E-state index in [9.17, 15) is 14.7 Å². The molecule has 0 bridgehead atoms. The molecule has 1 saturated heterocycles. The molecule has 2 aliphatic heterocycles. The van der Waals surface area contributed by atoms with E-state index in [1.54, 1.807) is 36.7 Å². The molecule has 1 unspecified atom stereocenters. The maximum absolute atomic E-state index is 13.2. The van der Waals surface area contributed by atoms with Crippen molar-refractivity contribution < 1.29 is 19.4 Å². The second-order valence-corrected chi connectivity index (χ2v) is 8.62. The molecule has 5 rings (SSSR count). The highest BCUT2D eigenvalue weighted by atomic mass is 16.5. The third kappa shape index (κ3) is 3.57. The van der Waals surface area contributed by atoms with Gasteiger partial charge in [-0.2, -0.15) is 0 Å². The Balaban J connectivity index is 1.66. The maximum atomic E-state index is 13.2. The largest absolute Gasteiger partial charge is 0.507 e. The van der Waals surface area contributed by atoms with Crippen molar-refractivity contribution in [1.82, 2.24) is 4.98 Å². The molecule has 2 aliphatic rings. The van der Waals surface area contributed by atoms with Gasteiger partial charge in [-0.15, -0.1) is 0 Å². The number of anilines is 1. The first-order chi connectivity index (χ1) is 16.0. The van der Waals surface area contributed by atoms with Gasteiger partial charge >= 0.3 is 0 Å². The Hall–Kier alpha value is -3.93. The molecular formula is C27H24N2O4. The van der Waals surface area contributed by atoms with Crippen LogP contribution in [0.5, 0.6) is 5.75 Å². The van der Waals surface area contributed by atoms with Gasteiger partial charge in [-0.3, -0.25) is 19.5 Å². The molecule has 33 heavy (non-hydrogen) atoms. The zero-order valence-corrected chi connectivity index (χ0v) is 18.5. The number of rotatable bonds is 4. The third-order valence-electron chi connectivity index (χ3n) is 6.27. The standard InChI is InChI=1S/C27H24N2O4/c1-16(2)17-3-6-21(7-4-17)29-24(18-9-12-28-13-10-18)23(26(31)27(29)32)25(30)20-5-8-22-19(15-20)11-14-33-22/h3-10,12-13,15-16,24,30H,11,14H2,1-2H3/b25-23-. The van der Waals surface area contributed by atoms with Crippen LogP contribution in [0.4, 0.5) is 5.69 Å². The van der Waals surface area contributed by atoms with Crippen LogP contribution in [0.1, 0.15) is 48.1 Å². The average Bonchev–Trinajstić information content (AvgIpc) is 3.41. The Labute approximate surface area is 192 Å². The number of amides is 1. The van der Waals surface area contributed by atoms with Gasteiger partial charge in [0.25, 0.3) is 11.7 Å². The first-order valence-corrected chi connectivity index (χ1v) is 11.0. The SMILES string of the molecule is CC(C)c1ccc(N2C(=O)C(=O)/C(=C(\O)c3ccc4c(c3)CCO4)C2c2ccncc2)cc1. The minimum absolute atomic E-state index is 0.0676. The number of pyridine rings is 1. The lowest BCUT2D eigenvalue weighted by Gasteiger charge is -2.25. The Morgan fingerprint density at radius 3 is 2.48 bits per heavy atom. The Kier molecular flexibility index (Phi) is 5.21. The zero-order valence-electron chi connectivity index (χ0n) is 18.5. The fourth-order valence-corrected chi connectivity index (χ4v) is 4.47. The van der Waals surface area contributed by atoms with Crippen LogP contribution in [0.2, 0.25) is 0 Å². The monoisotopic (exact) mass is 440 g/mol. The Morgan fingerprint density at radius 1 is 1.06 bits per heavy atom. The number of Topliss-reactive ketones (excluding diaryl/α,β-unsaturated/α-hetero) is 1. The van der Waals surface area contributed by atoms with E-state index in [4.69, 9.17) is 4.74 Å². The van der Waals surface area contributed by atoms with Crippen LogP contribution in [0.3, 0.4) is 0 Å². The van der Waals surface area contributed by atoms with Crippen molar-refractivity contribution in [2.24, 2.45) is 0 Å². The van der Waals surface area contributed by atoms with Gasteiger partial charge < -0.3 is 9.84 Å². The number of hydrogen-bond donors (Lipinski definition) is 1. The Bertz CT molecular complexity index is 1260. The van der Waals surface area contributed by atoms with Crippen LogP contribution in [0.25, 0.3) is 5.76 Å². The number of aromatic nitrogens is 1. The predicted octanol–water partition coefficient (Wildman–Crippen LogP) is 4.77. The summed E-state index contributed by atoms with van der Waals surface area (Å²) in [6, 6.07) is 15.7. The van der Waals surface area contributed by atoms with E-state index in [0.29, 0.717) is 29.3 Å². The highest BCUT2D eigenvalue weighted by molar-refractivity contribution is 6.51. The number of fused-ring (bicyclic) bond motifs is 1. The molecule has 3 aromatic rings. The fourth-order valence-electron chi connectivity index (χ4n) is 4.47. The number of carbonyl (C=O) groups excluding carboxylic acids is 2. The average molecular weight is 440 g/mol. The highest BCUT2D eigenvalue weighted by Crippen LogP contribution is 2.42. The maximum Gasteiger partial charge on any atom is 0.300 e. The first-order valence-electron chi connectivity index (χ1n) is 11.0. The quantitative estimate of drug-likeness (QED) is 0.359. The molecule has 1 atom stereocenters. The minimum Gasteiger partial charge on any atom is -0.507 e. The van der Waals surface area contributed by atoms with Crippen LogP contribution in [0, 0.1) is 0 Å². The molecule has 0 spiro atoms. The van der Waals surface area contributed by atoms with Gasteiger partial charge in [-0.1, -0.05) is 26.0 Å². The first kappa shape index (κ1) is 20.9. The zero-order chi connectivity index (χ0) is 23.1. The van der Waals surface area contributed by atoms with Crippen LogP contribution in [-0.2, 0) is 16.0 Å². The molecule has 0 radical (unpaired) electrons. The smallest absolute Gasteiger partial charge is 0.300 e. The summed E-state index contributed by atoms with van der Waals surface area (Å²) in [6.45, 7) is 4.78. The normalized spacial score (nSPS) is 19.1. The number of nitrogens with zero attached hydrogens (tertiary/aromatic N) is 2. The van der Waals surface area contributed by atoms with Crippen LogP contribution >= 0.6 is 0 Å². The summed E-state index contributed by atoms with van der Waals surface area (Å²) in [7, 11) is 0.